The maximum absolute atomic E-state index is 13.5. The summed E-state index contributed by atoms with van der Waals surface area (Å²) >= 11 is 0. The number of ether oxygens (including phenoxy) is 9. The Morgan fingerprint density at radius 1 is 0.319 bits per heavy atom. The summed E-state index contributed by atoms with van der Waals surface area (Å²) in [7, 11) is 0. The second-order valence-electron chi connectivity index (χ2n) is 17.4. The summed E-state index contributed by atoms with van der Waals surface area (Å²) in [6.07, 6.45) is -0.812. The highest BCUT2D eigenvalue weighted by Crippen LogP contribution is 2.38. The highest BCUT2D eigenvalue weighted by Gasteiger charge is 2.24. The molecule has 0 saturated heterocycles. The monoisotopic (exact) mass is 938 g/mol. The molecule has 0 aliphatic rings. The summed E-state index contributed by atoms with van der Waals surface area (Å²) < 4.78 is 52.3. The van der Waals surface area contributed by atoms with E-state index in [2.05, 4.69) is 0 Å². The molecule has 0 amide bonds. The zero-order valence-electron chi connectivity index (χ0n) is 40.7. The first kappa shape index (κ1) is 50.6. The van der Waals surface area contributed by atoms with Crippen molar-refractivity contribution >= 4 is 23.9 Å². The van der Waals surface area contributed by atoms with Crippen LogP contribution in [0.4, 0.5) is 0 Å². The van der Waals surface area contributed by atoms with E-state index in [1.54, 1.807) is 72.8 Å². The molecule has 0 saturated carbocycles. The molecular weight excluding hydrogens is 881 g/mol. The molecule has 0 spiro atoms. The Bertz CT molecular complexity index is 2730. The van der Waals surface area contributed by atoms with E-state index in [9.17, 15) is 19.2 Å². The molecular formula is C56H58O13. The van der Waals surface area contributed by atoms with Gasteiger partial charge in [0.15, 0.2) is 11.5 Å². The lowest BCUT2D eigenvalue weighted by Crippen LogP contribution is -2.17. The average molecular weight is 939 g/mol. The van der Waals surface area contributed by atoms with Crippen LogP contribution in [-0.4, -0.2) is 54.4 Å². The Labute approximate surface area is 403 Å². The van der Waals surface area contributed by atoms with Crippen molar-refractivity contribution < 1.29 is 61.8 Å². The number of esters is 4. The van der Waals surface area contributed by atoms with Gasteiger partial charge < -0.3 is 42.6 Å². The Kier molecular flexibility index (Phi) is 16.7. The van der Waals surface area contributed by atoms with Gasteiger partial charge in [-0.15, -0.1) is 0 Å². The number of carbonyl (C=O) groups excluding carboxylic acids is 4. The zero-order valence-corrected chi connectivity index (χ0v) is 40.7. The van der Waals surface area contributed by atoms with E-state index >= 15 is 0 Å². The van der Waals surface area contributed by atoms with Crippen LogP contribution in [0.1, 0.15) is 116 Å². The molecule has 0 fully saturated rings. The van der Waals surface area contributed by atoms with Gasteiger partial charge in [-0.1, -0.05) is 24.3 Å². The van der Waals surface area contributed by atoms with Crippen LogP contribution >= 0.6 is 0 Å². The van der Waals surface area contributed by atoms with Crippen LogP contribution in [0.15, 0.2) is 121 Å². The first-order valence-corrected chi connectivity index (χ1v) is 22.8. The van der Waals surface area contributed by atoms with Crippen molar-refractivity contribution in [3.05, 3.63) is 149 Å². The fourth-order valence-electron chi connectivity index (χ4n) is 6.71. The van der Waals surface area contributed by atoms with Gasteiger partial charge in [0.1, 0.15) is 51.4 Å². The quantitative estimate of drug-likeness (QED) is 0.0560. The predicted octanol–water partition coefficient (Wildman–Crippen LogP) is 12.5. The van der Waals surface area contributed by atoms with Crippen molar-refractivity contribution in [3.8, 4) is 62.9 Å². The zero-order chi connectivity index (χ0) is 49.9. The molecule has 0 unspecified atom stereocenters. The average Bonchev–Trinajstić information content (AvgIpc) is 3.28. The summed E-state index contributed by atoms with van der Waals surface area (Å²) in [5, 5.41) is 0. The molecule has 13 heteroatoms. The van der Waals surface area contributed by atoms with Gasteiger partial charge in [0.2, 0.25) is 0 Å². The van der Waals surface area contributed by atoms with Gasteiger partial charge >= 0.3 is 23.9 Å². The normalized spacial score (nSPS) is 11.1. The van der Waals surface area contributed by atoms with Crippen LogP contribution in [0.25, 0.3) is 11.1 Å². The third kappa shape index (κ3) is 14.1. The molecule has 0 N–H and O–H groups in total. The molecule has 360 valence electrons. The van der Waals surface area contributed by atoms with E-state index in [0.717, 1.165) is 16.7 Å². The van der Waals surface area contributed by atoms with Gasteiger partial charge in [-0.05, 0) is 172 Å². The highest BCUT2D eigenvalue weighted by molar-refractivity contribution is 5.96. The molecule has 6 aromatic rings. The van der Waals surface area contributed by atoms with Crippen molar-refractivity contribution in [1.29, 1.82) is 0 Å². The van der Waals surface area contributed by atoms with Crippen molar-refractivity contribution in [2.24, 2.45) is 0 Å². The number of benzene rings is 6. The van der Waals surface area contributed by atoms with Gasteiger partial charge in [0.05, 0.1) is 41.6 Å². The summed E-state index contributed by atoms with van der Waals surface area (Å²) in [4.78, 5) is 52.9. The van der Waals surface area contributed by atoms with E-state index in [-0.39, 0.29) is 70.0 Å². The molecule has 6 aromatic carbocycles. The standard InChI is InChI=1S/C56H58O13/c1-32(2)61-48-30-49(62-33(3)4)46(28-37(48)11)55(59)68-44-24-16-40(17-25-44)53(57)66-42-20-12-38(13-21-42)39-14-22-43(23-15-39)67-54(58)41-18-26-45(27-19-41)69-56(60)47-29-51(64-35(7)8)52(65-36(9)10)31-50(47)63-34(5)6/h12-36H,1-11H3. The lowest BCUT2D eigenvalue weighted by Gasteiger charge is -2.21. The van der Waals surface area contributed by atoms with Crippen LogP contribution in [0.5, 0.6) is 51.7 Å². The molecule has 0 radical (unpaired) electrons. The van der Waals surface area contributed by atoms with Crippen molar-refractivity contribution in [2.75, 3.05) is 0 Å². The molecule has 0 atom stereocenters. The summed E-state index contributed by atoms with van der Waals surface area (Å²) in [6.45, 7) is 20.7. The fraction of sp³-hybridized carbons (Fsp3) is 0.286. The van der Waals surface area contributed by atoms with Crippen LogP contribution in [0.3, 0.4) is 0 Å². The molecule has 0 aliphatic carbocycles. The van der Waals surface area contributed by atoms with Gasteiger partial charge in [-0.2, -0.15) is 0 Å². The number of hydrogen-bond acceptors (Lipinski definition) is 13. The second kappa shape index (κ2) is 22.8. The predicted molar refractivity (Wildman–Crippen MR) is 261 cm³/mol. The number of carbonyl (C=O) groups is 4. The second-order valence-corrected chi connectivity index (χ2v) is 17.4. The maximum Gasteiger partial charge on any atom is 0.347 e. The van der Waals surface area contributed by atoms with Crippen LogP contribution < -0.4 is 42.6 Å². The van der Waals surface area contributed by atoms with E-state index in [1.165, 1.54) is 48.5 Å². The Balaban J connectivity index is 1.02. The number of hydrogen-bond donors (Lipinski definition) is 0. The number of rotatable bonds is 19. The summed E-state index contributed by atoms with van der Waals surface area (Å²) in [5.74, 6) is 0.669. The van der Waals surface area contributed by atoms with Crippen LogP contribution in [-0.2, 0) is 0 Å². The molecule has 0 aromatic heterocycles. The largest absolute Gasteiger partial charge is 0.491 e. The highest BCUT2D eigenvalue weighted by atomic mass is 16.6. The number of aryl methyl sites for hydroxylation is 1. The minimum absolute atomic E-state index is 0.0590. The molecule has 0 aliphatic heterocycles. The van der Waals surface area contributed by atoms with E-state index < -0.39 is 23.9 Å². The first-order chi connectivity index (χ1) is 32.8. The topological polar surface area (TPSA) is 151 Å². The SMILES string of the molecule is Cc1cc(C(=O)Oc2ccc(C(=O)Oc3ccc(-c4ccc(OC(=O)c5ccc(OC(=O)c6cc(OC(C)C)c(OC(C)C)cc6OC(C)C)cc5)cc4)cc3)cc2)c(OC(C)C)cc1OC(C)C. The van der Waals surface area contributed by atoms with Crippen molar-refractivity contribution in [1.82, 2.24) is 0 Å². The Morgan fingerprint density at radius 3 is 0.957 bits per heavy atom. The minimum atomic E-state index is -0.677. The lowest BCUT2D eigenvalue weighted by atomic mass is 10.1. The summed E-state index contributed by atoms with van der Waals surface area (Å²) in [5.41, 5.74) is 3.32. The van der Waals surface area contributed by atoms with Crippen LogP contribution in [0.2, 0.25) is 0 Å². The first-order valence-electron chi connectivity index (χ1n) is 22.8. The molecule has 6 rings (SSSR count). The van der Waals surface area contributed by atoms with E-state index in [0.29, 0.717) is 34.5 Å². The van der Waals surface area contributed by atoms with Gasteiger partial charge in [0, 0.05) is 18.2 Å². The molecule has 0 bridgehead atoms. The van der Waals surface area contributed by atoms with Crippen LogP contribution in [0, 0.1) is 6.92 Å². The van der Waals surface area contributed by atoms with Gasteiger partial charge in [-0.3, -0.25) is 0 Å². The smallest absolute Gasteiger partial charge is 0.347 e. The van der Waals surface area contributed by atoms with Gasteiger partial charge in [0.25, 0.3) is 0 Å². The molecule has 69 heavy (non-hydrogen) atoms. The van der Waals surface area contributed by atoms with Crippen molar-refractivity contribution in [2.45, 2.75) is 107 Å². The summed E-state index contributed by atoms with van der Waals surface area (Å²) in [6, 6.07) is 32.5. The third-order valence-corrected chi connectivity index (χ3v) is 9.64. The van der Waals surface area contributed by atoms with Gasteiger partial charge in [-0.25, -0.2) is 19.2 Å². The molecule has 0 heterocycles. The van der Waals surface area contributed by atoms with E-state index in [1.807, 2.05) is 76.2 Å². The fourth-order valence-corrected chi connectivity index (χ4v) is 6.71. The lowest BCUT2D eigenvalue weighted by molar-refractivity contribution is 0.0714. The van der Waals surface area contributed by atoms with E-state index in [4.69, 9.17) is 42.6 Å². The Hall–Kier alpha value is -7.80. The Morgan fingerprint density at radius 2 is 0.594 bits per heavy atom. The third-order valence-electron chi connectivity index (χ3n) is 9.64. The minimum Gasteiger partial charge on any atom is -0.491 e. The molecule has 13 nitrogen and oxygen atoms in total. The maximum atomic E-state index is 13.5. The van der Waals surface area contributed by atoms with Crippen molar-refractivity contribution in [3.63, 3.8) is 0 Å².